The summed E-state index contributed by atoms with van der Waals surface area (Å²) in [6, 6.07) is 4.51. The Hall–Kier alpha value is -0.750. The van der Waals surface area contributed by atoms with Gasteiger partial charge in [-0.3, -0.25) is 0 Å². The van der Waals surface area contributed by atoms with E-state index < -0.39 is 7.28 Å². The van der Waals surface area contributed by atoms with E-state index in [4.69, 9.17) is 24.2 Å². The van der Waals surface area contributed by atoms with Gasteiger partial charge in [0.2, 0.25) is 0 Å². The molecule has 0 aliphatic carbocycles. The van der Waals surface area contributed by atoms with E-state index in [-0.39, 0.29) is 49.5 Å². The second kappa shape index (κ2) is 10.4. The third-order valence-electron chi connectivity index (χ3n) is 4.25. The molecule has 0 fully saturated rings. The summed E-state index contributed by atoms with van der Waals surface area (Å²) >= 11 is 0. The van der Waals surface area contributed by atoms with Gasteiger partial charge < -0.3 is 0 Å². The quantitative estimate of drug-likeness (QED) is 0.272. The second-order valence-corrected chi connectivity index (χ2v) is 12.1. The minimum atomic E-state index is -3.64. The summed E-state index contributed by atoms with van der Waals surface area (Å²) in [6.45, 7) is 16.9. The van der Waals surface area contributed by atoms with Gasteiger partial charge in [0.15, 0.2) is 0 Å². The third-order valence-corrected chi connectivity index (χ3v) is 9.87. The summed E-state index contributed by atoms with van der Waals surface area (Å²) in [5.41, 5.74) is -0.0771. The van der Waals surface area contributed by atoms with Crippen LogP contribution in [0, 0.1) is 22.7 Å². The number of rotatable bonds is 12. The summed E-state index contributed by atoms with van der Waals surface area (Å²) in [4.78, 5) is 0. The van der Waals surface area contributed by atoms with E-state index >= 15 is 0 Å². The van der Waals surface area contributed by atoms with Gasteiger partial charge in [-0.25, -0.2) is 0 Å². The van der Waals surface area contributed by atoms with Crippen LogP contribution in [0.3, 0.4) is 0 Å². The molecule has 0 N–H and O–H groups in total. The number of hydroxylamine groups is 2. The Morgan fingerprint density at radius 2 is 1.12 bits per heavy atom. The molecule has 0 aromatic carbocycles. The van der Waals surface area contributed by atoms with Gasteiger partial charge in [-0.1, -0.05) is 0 Å². The van der Waals surface area contributed by atoms with Crippen molar-refractivity contribution in [1.29, 1.82) is 10.5 Å². The van der Waals surface area contributed by atoms with Crippen molar-refractivity contribution in [2.24, 2.45) is 0 Å². The van der Waals surface area contributed by atoms with Gasteiger partial charge in [0.25, 0.3) is 0 Å². The van der Waals surface area contributed by atoms with Crippen molar-refractivity contribution in [3.63, 3.8) is 0 Å². The molecule has 0 saturated carbocycles. The molecule has 146 valence electrons. The van der Waals surface area contributed by atoms with Gasteiger partial charge in [0.05, 0.1) is 0 Å². The predicted octanol–water partition coefficient (Wildman–Crippen LogP) is 5.01. The Kier molecular flexibility index (Phi) is 10.1. The summed E-state index contributed by atoms with van der Waals surface area (Å²) in [5.74, 6) is 0. The molecular formula is C18H36N3O3P. The van der Waals surface area contributed by atoms with Crippen molar-refractivity contribution in [1.82, 2.24) is 5.06 Å². The Bertz CT molecular complexity index is 441. The SMILES string of the molecule is CC(C)N(OP(OCCC#N)(OCCC#N)(C(C)C)C(C)C)C(C)C. The number of nitriles is 2. The number of hydrogen-bond acceptors (Lipinski definition) is 6. The van der Waals surface area contributed by atoms with Gasteiger partial charge in [0, 0.05) is 0 Å². The van der Waals surface area contributed by atoms with Crippen molar-refractivity contribution in [3.05, 3.63) is 0 Å². The van der Waals surface area contributed by atoms with E-state index in [0.717, 1.165) is 0 Å². The minimum absolute atomic E-state index is 0.0385. The molecule has 0 amide bonds. The number of hydrogen-bond donors (Lipinski definition) is 0. The van der Waals surface area contributed by atoms with Crippen LogP contribution in [0.15, 0.2) is 0 Å². The van der Waals surface area contributed by atoms with E-state index in [1.165, 1.54) is 0 Å². The summed E-state index contributed by atoms with van der Waals surface area (Å²) in [5, 5.41) is 19.8. The van der Waals surface area contributed by atoms with Crippen LogP contribution in [-0.2, 0) is 13.7 Å². The molecular weight excluding hydrogens is 337 g/mol. The molecule has 6 nitrogen and oxygen atoms in total. The molecule has 0 spiro atoms. The Balaban J connectivity index is 6.13. The normalized spacial score (nSPS) is 14.1. The fourth-order valence-electron chi connectivity index (χ4n) is 2.98. The first-order chi connectivity index (χ1) is 11.6. The monoisotopic (exact) mass is 373 g/mol. The molecule has 0 rings (SSSR count). The molecule has 0 aliphatic rings. The Morgan fingerprint density at radius 3 is 1.36 bits per heavy atom. The molecule has 0 saturated heterocycles. The molecule has 0 aromatic rings. The first kappa shape index (κ1) is 24.2. The fourth-order valence-corrected chi connectivity index (χ4v) is 7.56. The molecule has 0 atom stereocenters. The van der Waals surface area contributed by atoms with Gasteiger partial charge in [-0.05, 0) is 0 Å². The zero-order valence-electron chi connectivity index (χ0n) is 17.2. The van der Waals surface area contributed by atoms with Crippen LogP contribution in [0.25, 0.3) is 0 Å². The summed E-state index contributed by atoms with van der Waals surface area (Å²) < 4.78 is 19.4. The van der Waals surface area contributed by atoms with Crippen LogP contribution in [0.4, 0.5) is 0 Å². The van der Waals surface area contributed by atoms with Crippen molar-refractivity contribution in [3.8, 4) is 12.1 Å². The van der Waals surface area contributed by atoms with E-state index in [1.54, 1.807) is 0 Å². The van der Waals surface area contributed by atoms with Crippen molar-refractivity contribution in [2.75, 3.05) is 13.2 Å². The van der Waals surface area contributed by atoms with Crippen LogP contribution in [0.1, 0.15) is 68.2 Å². The molecule has 0 bridgehead atoms. The maximum atomic E-state index is 8.95. The summed E-state index contributed by atoms with van der Waals surface area (Å²) in [7, 11) is -3.64. The van der Waals surface area contributed by atoms with E-state index in [9.17, 15) is 0 Å². The first-order valence-corrected chi connectivity index (χ1v) is 11.2. The van der Waals surface area contributed by atoms with Crippen LogP contribution in [-0.4, -0.2) is 41.7 Å². The maximum absolute atomic E-state index is 8.95. The van der Waals surface area contributed by atoms with Gasteiger partial charge in [-0.15, -0.1) is 0 Å². The predicted molar refractivity (Wildman–Crippen MR) is 103 cm³/mol. The molecule has 0 radical (unpaired) electrons. The van der Waals surface area contributed by atoms with Gasteiger partial charge in [0.1, 0.15) is 0 Å². The molecule has 0 heterocycles. The van der Waals surface area contributed by atoms with Gasteiger partial charge in [-0.2, -0.15) is 0 Å². The third kappa shape index (κ3) is 5.61. The van der Waals surface area contributed by atoms with Gasteiger partial charge >= 0.3 is 154 Å². The van der Waals surface area contributed by atoms with Crippen LogP contribution >= 0.6 is 7.28 Å². The molecule has 0 aliphatic heterocycles. The van der Waals surface area contributed by atoms with E-state index in [2.05, 4.69) is 39.8 Å². The topological polar surface area (TPSA) is 78.5 Å². The Morgan fingerprint density at radius 1 is 0.760 bits per heavy atom. The summed E-state index contributed by atoms with van der Waals surface area (Å²) in [6.07, 6.45) is 0.539. The van der Waals surface area contributed by atoms with E-state index in [1.807, 2.05) is 32.8 Å². The van der Waals surface area contributed by atoms with Crippen LogP contribution in [0.2, 0.25) is 0 Å². The van der Waals surface area contributed by atoms with Crippen molar-refractivity contribution >= 4 is 7.28 Å². The number of nitrogens with zero attached hydrogens (tertiary/aromatic N) is 3. The second-order valence-electron chi connectivity index (χ2n) is 7.30. The Labute approximate surface area is 154 Å². The fraction of sp³-hybridized carbons (Fsp3) is 0.889. The first-order valence-electron chi connectivity index (χ1n) is 9.11. The van der Waals surface area contributed by atoms with E-state index in [0.29, 0.717) is 0 Å². The standard InChI is InChI=1S/C18H36N3O3P/c1-15(2)21(16(3)4)24-25(17(5)6,18(7)8,22-13-9-11-19)23-14-10-12-20/h15-18H,9-10,13-14H2,1-8H3. The zero-order chi connectivity index (χ0) is 19.7. The molecule has 0 aromatic heterocycles. The van der Waals surface area contributed by atoms with Crippen LogP contribution < -0.4 is 0 Å². The average Bonchev–Trinajstić information content (AvgIpc) is 2.51. The molecule has 7 heteroatoms. The zero-order valence-corrected chi connectivity index (χ0v) is 18.0. The van der Waals surface area contributed by atoms with Crippen molar-refractivity contribution < 1.29 is 13.7 Å². The van der Waals surface area contributed by atoms with Crippen molar-refractivity contribution in [2.45, 2.75) is 91.6 Å². The molecule has 0 unspecified atom stereocenters. The average molecular weight is 373 g/mol. The van der Waals surface area contributed by atoms with Crippen LogP contribution in [0.5, 0.6) is 0 Å². The molecule has 25 heavy (non-hydrogen) atoms.